The minimum absolute atomic E-state index is 0.143. The zero-order valence-corrected chi connectivity index (χ0v) is 15.8. The van der Waals surface area contributed by atoms with Gasteiger partial charge in [0, 0.05) is 37.4 Å². The molecular weight excluding hydrogens is 310 g/mol. The molecule has 1 aliphatic carbocycles. The molecule has 1 N–H and O–H groups in total. The number of nitrogens with zero attached hydrogens (tertiary/aromatic N) is 3. The summed E-state index contributed by atoms with van der Waals surface area (Å²) in [4.78, 5) is 9.39. The molecule has 1 atom stereocenters. The molecule has 4 heteroatoms. The van der Waals surface area contributed by atoms with Crippen LogP contribution in [0.3, 0.4) is 0 Å². The number of pyridine rings is 1. The van der Waals surface area contributed by atoms with Gasteiger partial charge in [0.05, 0.1) is 6.10 Å². The average Bonchev–Trinajstić information content (AvgIpc) is 3.14. The van der Waals surface area contributed by atoms with Gasteiger partial charge in [-0.3, -0.25) is 4.98 Å². The van der Waals surface area contributed by atoms with Crippen molar-refractivity contribution in [1.29, 1.82) is 0 Å². The topological polar surface area (TPSA) is 39.6 Å². The maximum atomic E-state index is 10.4. The first-order chi connectivity index (χ1) is 12.2. The minimum atomic E-state index is -0.143. The van der Waals surface area contributed by atoms with Crippen molar-refractivity contribution in [2.75, 3.05) is 33.2 Å². The lowest BCUT2D eigenvalue weighted by molar-refractivity contribution is 0.0617. The molecule has 3 rings (SSSR count). The van der Waals surface area contributed by atoms with Crippen LogP contribution in [-0.4, -0.2) is 65.3 Å². The van der Waals surface area contributed by atoms with Crippen molar-refractivity contribution in [2.24, 2.45) is 5.92 Å². The van der Waals surface area contributed by atoms with E-state index in [2.05, 4.69) is 34.0 Å². The summed E-state index contributed by atoms with van der Waals surface area (Å²) >= 11 is 0. The molecule has 0 spiro atoms. The summed E-state index contributed by atoms with van der Waals surface area (Å²) in [6.45, 7) is 4.29. The fourth-order valence-corrected chi connectivity index (χ4v) is 4.59. The van der Waals surface area contributed by atoms with Crippen molar-refractivity contribution in [1.82, 2.24) is 14.8 Å². The zero-order valence-electron chi connectivity index (χ0n) is 15.8. The molecule has 0 aromatic carbocycles. The van der Waals surface area contributed by atoms with Crippen LogP contribution in [0.4, 0.5) is 0 Å². The van der Waals surface area contributed by atoms with Crippen LogP contribution in [0, 0.1) is 5.92 Å². The monoisotopic (exact) mass is 345 g/mol. The predicted molar refractivity (Wildman–Crippen MR) is 103 cm³/mol. The number of likely N-dealkylation sites (tertiary alicyclic amines) is 1. The van der Waals surface area contributed by atoms with E-state index in [9.17, 15) is 5.11 Å². The van der Waals surface area contributed by atoms with Gasteiger partial charge in [0.15, 0.2) is 0 Å². The van der Waals surface area contributed by atoms with E-state index < -0.39 is 0 Å². The maximum absolute atomic E-state index is 10.4. The van der Waals surface area contributed by atoms with Crippen LogP contribution in [0.5, 0.6) is 0 Å². The van der Waals surface area contributed by atoms with Crippen LogP contribution in [-0.2, 0) is 6.42 Å². The number of piperidine rings is 1. The van der Waals surface area contributed by atoms with Crippen molar-refractivity contribution in [2.45, 2.75) is 63.5 Å². The first kappa shape index (κ1) is 18.8. The normalized spacial score (nSPS) is 21.9. The molecule has 2 heterocycles. The van der Waals surface area contributed by atoms with Gasteiger partial charge < -0.3 is 14.9 Å². The molecule has 0 radical (unpaired) electrons. The standard InChI is InChI=1S/C21H35N3O/c1-23(17-21(25)16-18-6-2-3-7-18)20-10-14-24(15-11-20)13-9-19-8-4-5-12-22-19/h4-5,8,12,18,20-21,25H,2-3,6-7,9-11,13-17H2,1H3/t21-/m1/s1. The van der Waals surface area contributed by atoms with Crippen molar-refractivity contribution in [3.05, 3.63) is 30.1 Å². The minimum Gasteiger partial charge on any atom is -0.392 e. The van der Waals surface area contributed by atoms with Gasteiger partial charge in [0.25, 0.3) is 0 Å². The molecule has 1 saturated heterocycles. The molecule has 0 unspecified atom stereocenters. The first-order valence-corrected chi connectivity index (χ1v) is 10.2. The average molecular weight is 346 g/mol. The lowest BCUT2D eigenvalue weighted by Gasteiger charge is -2.37. The van der Waals surface area contributed by atoms with Crippen LogP contribution in [0.15, 0.2) is 24.4 Å². The highest BCUT2D eigenvalue weighted by Gasteiger charge is 2.25. The van der Waals surface area contributed by atoms with Crippen LogP contribution < -0.4 is 0 Å². The van der Waals surface area contributed by atoms with Gasteiger partial charge in [-0.25, -0.2) is 0 Å². The molecule has 2 fully saturated rings. The van der Waals surface area contributed by atoms with E-state index in [1.807, 2.05) is 12.3 Å². The van der Waals surface area contributed by atoms with E-state index in [0.29, 0.717) is 6.04 Å². The summed E-state index contributed by atoms with van der Waals surface area (Å²) in [7, 11) is 2.20. The quantitative estimate of drug-likeness (QED) is 0.786. The van der Waals surface area contributed by atoms with Gasteiger partial charge in [0.2, 0.25) is 0 Å². The molecular formula is C21H35N3O. The Morgan fingerprint density at radius 2 is 1.96 bits per heavy atom. The third-order valence-electron chi connectivity index (χ3n) is 6.17. The summed E-state index contributed by atoms with van der Waals surface area (Å²) in [5.41, 5.74) is 1.19. The number of aliphatic hydroxyl groups excluding tert-OH is 1. The van der Waals surface area contributed by atoms with Gasteiger partial charge in [-0.2, -0.15) is 0 Å². The van der Waals surface area contributed by atoms with Crippen LogP contribution in [0.25, 0.3) is 0 Å². The Bertz CT molecular complexity index is 481. The Hall–Kier alpha value is -0.970. The van der Waals surface area contributed by atoms with E-state index in [1.54, 1.807) is 0 Å². The summed E-state index contributed by atoms with van der Waals surface area (Å²) in [6, 6.07) is 6.79. The fourth-order valence-electron chi connectivity index (χ4n) is 4.59. The summed E-state index contributed by atoms with van der Waals surface area (Å²) < 4.78 is 0. The van der Waals surface area contributed by atoms with Gasteiger partial charge in [-0.15, -0.1) is 0 Å². The van der Waals surface area contributed by atoms with E-state index in [4.69, 9.17) is 0 Å². The van der Waals surface area contributed by atoms with E-state index in [1.165, 1.54) is 57.3 Å². The Balaban J connectivity index is 1.33. The highest BCUT2D eigenvalue weighted by molar-refractivity contribution is 5.03. The van der Waals surface area contributed by atoms with Crippen LogP contribution in [0.1, 0.15) is 50.6 Å². The Labute approximate surface area is 153 Å². The lowest BCUT2D eigenvalue weighted by Crippen LogP contribution is -2.46. The number of likely N-dealkylation sites (N-methyl/N-ethyl adjacent to an activating group) is 1. The molecule has 1 saturated carbocycles. The fraction of sp³-hybridized carbons (Fsp3) is 0.762. The second-order valence-corrected chi connectivity index (χ2v) is 8.12. The summed E-state index contributed by atoms with van der Waals surface area (Å²) in [5.74, 6) is 0.775. The first-order valence-electron chi connectivity index (χ1n) is 10.2. The molecule has 140 valence electrons. The summed E-state index contributed by atoms with van der Waals surface area (Å²) in [6.07, 6.45) is 11.6. The van der Waals surface area contributed by atoms with Crippen molar-refractivity contribution in [3.8, 4) is 0 Å². The van der Waals surface area contributed by atoms with Crippen LogP contribution in [0.2, 0.25) is 0 Å². The highest BCUT2D eigenvalue weighted by Crippen LogP contribution is 2.29. The Kier molecular flexibility index (Phi) is 7.26. The van der Waals surface area contributed by atoms with Crippen molar-refractivity contribution in [3.63, 3.8) is 0 Å². The second-order valence-electron chi connectivity index (χ2n) is 8.12. The van der Waals surface area contributed by atoms with Crippen molar-refractivity contribution >= 4 is 0 Å². The molecule has 25 heavy (non-hydrogen) atoms. The third kappa shape index (κ3) is 6.05. The SMILES string of the molecule is CN(C[C@H](O)CC1CCCC1)C1CCN(CCc2ccccn2)CC1. The molecule has 4 nitrogen and oxygen atoms in total. The molecule has 1 aromatic rings. The number of hydrogen-bond acceptors (Lipinski definition) is 4. The third-order valence-corrected chi connectivity index (χ3v) is 6.17. The molecule has 2 aliphatic rings. The largest absolute Gasteiger partial charge is 0.392 e. The lowest BCUT2D eigenvalue weighted by atomic mass is 9.98. The molecule has 1 aromatic heterocycles. The van der Waals surface area contributed by atoms with Gasteiger partial charge in [-0.1, -0.05) is 31.7 Å². The van der Waals surface area contributed by atoms with Gasteiger partial charge >= 0.3 is 0 Å². The highest BCUT2D eigenvalue weighted by atomic mass is 16.3. The smallest absolute Gasteiger partial charge is 0.0669 e. The van der Waals surface area contributed by atoms with Crippen LogP contribution >= 0.6 is 0 Å². The van der Waals surface area contributed by atoms with E-state index >= 15 is 0 Å². The predicted octanol–water partition coefficient (Wildman–Crippen LogP) is 2.96. The molecule has 0 bridgehead atoms. The number of aliphatic hydroxyl groups is 1. The number of hydrogen-bond donors (Lipinski definition) is 1. The number of aromatic nitrogens is 1. The van der Waals surface area contributed by atoms with E-state index in [0.717, 1.165) is 31.8 Å². The van der Waals surface area contributed by atoms with Gasteiger partial charge in [0.1, 0.15) is 0 Å². The zero-order chi connectivity index (χ0) is 17.5. The summed E-state index contributed by atoms with van der Waals surface area (Å²) in [5, 5.41) is 10.4. The second kappa shape index (κ2) is 9.65. The number of rotatable bonds is 8. The Morgan fingerprint density at radius 3 is 2.64 bits per heavy atom. The molecule has 1 aliphatic heterocycles. The molecule has 0 amide bonds. The Morgan fingerprint density at radius 1 is 1.20 bits per heavy atom. The van der Waals surface area contributed by atoms with Gasteiger partial charge in [-0.05, 0) is 57.5 Å². The van der Waals surface area contributed by atoms with Crippen molar-refractivity contribution < 1.29 is 5.11 Å². The van der Waals surface area contributed by atoms with E-state index in [-0.39, 0.29) is 6.10 Å². The maximum Gasteiger partial charge on any atom is 0.0669 e.